The van der Waals surface area contributed by atoms with Crippen LogP contribution in [0.3, 0.4) is 0 Å². The van der Waals surface area contributed by atoms with Crippen molar-refractivity contribution < 1.29 is 23.1 Å². The van der Waals surface area contributed by atoms with Gasteiger partial charge in [0.25, 0.3) is 0 Å². The van der Waals surface area contributed by atoms with E-state index >= 15 is 0 Å². The van der Waals surface area contributed by atoms with Gasteiger partial charge in [-0.3, -0.25) is 4.79 Å². The summed E-state index contributed by atoms with van der Waals surface area (Å²) in [7, 11) is -3.98. The minimum Gasteiger partial charge on any atom is -0.478 e. The SMILES string of the molecule is CCCNC(=O)C(C)S(=O)(=O)c1ccc(Cl)c(C(=O)O)c1. The molecule has 0 saturated carbocycles. The second kappa shape index (κ2) is 6.91. The Hall–Kier alpha value is -1.60. The average Bonchev–Trinajstić information content (AvgIpc) is 2.43. The van der Waals surface area contributed by atoms with E-state index in [0.29, 0.717) is 13.0 Å². The number of benzene rings is 1. The zero-order valence-electron chi connectivity index (χ0n) is 11.6. The smallest absolute Gasteiger partial charge is 0.337 e. The summed E-state index contributed by atoms with van der Waals surface area (Å²) >= 11 is 5.70. The molecule has 21 heavy (non-hydrogen) atoms. The number of rotatable bonds is 6. The third-order valence-electron chi connectivity index (χ3n) is 2.88. The molecular weight excluding hydrogens is 318 g/mol. The number of hydrogen-bond acceptors (Lipinski definition) is 4. The van der Waals surface area contributed by atoms with Crippen LogP contribution in [0.2, 0.25) is 5.02 Å². The summed E-state index contributed by atoms with van der Waals surface area (Å²) in [6.45, 7) is 3.48. The van der Waals surface area contributed by atoms with Gasteiger partial charge in [-0.25, -0.2) is 13.2 Å². The number of aromatic carboxylic acids is 1. The van der Waals surface area contributed by atoms with Crippen molar-refractivity contribution in [2.75, 3.05) is 6.54 Å². The van der Waals surface area contributed by atoms with Crippen molar-refractivity contribution in [1.82, 2.24) is 5.32 Å². The number of halogens is 1. The molecule has 1 amide bonds. The fraction of sp³-hybridized carbons (Fsp3) is 0.385. The first-order valence-corrected chi connectivity index (χ1v) is 8.18. The van der Waals surface area contributed by atoms with Crippen LogP contribution < -0.4 is 5.32 Å². The Morgan fingerprint density at radius 3 is 2.52 bits per heavy atom. The number of carbonyl (C=O) groups excluding carboxylic acids is 1. The number of carboxylic acids is 1. The van der Waals surface area contributed by atoms with E-state index in [1.54, 1.807) is 0 Å². The molecule has 0 aliphatic carbocycles. The minimum atomic E-state index is -3.98. The van der Waals surface area contributed by atoms with Crippen LogP contribution in [0.15, 0.2) is 23.1 Å². The van der Waals surface area contributed by atoms with Crippen LogP contribution in [0, 0.1) is 0 Å². The Labute approximate surface area is 128 Å². The molecule has 1 unspecified atom stereocenters. The lowest BCUT2D eigenvalue weighted by atomic mass is 10.2. The Bertz CT molecular complexity index is 657. The van der Waals surface area contributed by atoms with Gasteiger partial charge in [0.2, 0.25) is 5.91 Å². The van der Waals surface area contributed by atoms with Crippen molar-refractivity contribution in [3.63, 3.8) is 0 Å². The normalized spacial score (nSPS) is 12.7. The molecule has 1 atom stereocenters. The Balaban J connectivity index is 3.16. The lowest BCUT2D eigenvalue weighted by Gasteiger charge is -2.13. The molecule has 1 aromatic rings. The van der Waals surface area contributed by atoms with E-state index in [4.69, 9.17) is 16.7 Å². The molecule has 116 valence electrons. The van der Waals surface area contributed by atoms with Gasteiger partial charge in [0.05, 0.1) is 15.5 Å². The molecular formula is C13H16ClNO5S. The maximum atomic E-state index is 12.3. The van der Waals surface area contributed by atoms with Crippen molar-refractivity contribution in [2.45, 2.75) is 30.4 Å². The highest BCUT2D eigenvalue weighted by Gasteiger charge is 2.30. The Morgan fingerprint density at radius 1 is 1.38 bits per heavy atom. The zero-order valence-corrected chi connectivity index (χ0v) is 13.2. The molecule has 0 aliphatic heterocycles. The van der Waals surface area contributed by atoms with Crippen LogP contribution >= 0.6 is 11.6 Å². The van der Waals surface area contributed by atoms with Crippen LogP contribution in [0.4, 0.5) is 0 Å². The number of carboxylic acid groups (broad SMARTS) is 1. The molecule has 6 nitrogen and oxygen atoms in total. The predicted octanol–water partition coefficient (Wildman–Crippen LogP) is 1.73. The molecule has 0 bridgehead atoms. The highest BCUT2D eigenvalue weighted by atomic mass is 35.5. The highest BCUT2D eigenvalue weighted by Crippen LogP contribution is 2.23. The molecule has 8 heteroatoms. The van der Waals surface area contributed by atoms with Crippen LogP contribution in [0.5, 0.6) is 0 Å². The third kappa shape index (κ3) is 3.95. The number of nitrogens with one attached hydrogen (secondary N) is 1. The number of amides is 1. The predicted molar refractivity (Wildman–Crippen MR) is 78.4 cm³/mol. The van der Waals surface area contributed by atoms with E-state index < -0.39 is 27.0 Å². The molecule has 0 aliphatic rings. The summed E-state index contributed by atoms with van der Waals surface area (Å²) in [5.41, 5.74) is -0.320. The maximum Gasteiger partial charge on any atom is 0.337 e. The fourth-order valence-electron chi connectivity index (χ4n) is 1.58. The topological polar surface area (TPSA) is 101 Å². The zero-order chi connectivity index (χ0) is 16.2. The average molecular weight is 334 g/mol. The van der Waals surface area contributed by atoms with E-state index in [0.717, 1.165) is 6.07 Å². The van der Waals surface area contributed by atoms with Crippen molar-refractivity contribution in [3.05, 3.63) is 28.8 Å². The number of carbonyl (C=O) groups is 2. The van der Waals surface area contributed by atoms with Crippen molar-refractivity contribution in [2.24, 2.45) is 0 Å². The van der Waals surface area contributed by atoms with Gasteiger partial charge in [-0.1, -0.05) is 18.5 Å². The summed E-state index contributed by atoms with van der Waals surface area (Å²) in [4.78, 5) is 22.5. The van der Waals surface area contributed by atoms with E-state index in [-0.39, 0.29) is 15.5 Å². The second-order valence-corrected chi connectivity index (χ2v) is 7.10. The Morgan fingerprint density at radius 2 is 2.00 bits per heavy atom. The summed E-state index contributed by atoms with van der Waals surface area (Å²) in [5, 5.41) is 10.1. The molecule has 0 aromatic heterocycles. The minimum absolute atomic E-state index is 0.0652. The molecule has 0 fully saturated rings. The van der Waals surface area contributed by atoms with Crippen LogP contribution in [-0.2, 0) is 14.6 Å². The molecule has 2 N–H and O–H groups in total. The summed E-state index contributed by atoms with van der Waals surface area (Å²) in [6.07, 6.45) is 0.683. The lowest BCUT2D eigenvalue weighted by molar-refractivity contribution is -0.120. The molecule has 0 spiro atoms. The van der Waals surface area contributed by atoms with E-state index in [1.807, 2.05) is 6.92 Å². The fourth-order valence-corrected chi connectivity index (χ4v) is 3.09. The quantitative estimate of drug-likeness (QED) is 0.825. The number of hydrogen-bond donors (Lipinski definition) is 2. The van der Waals surface area contributed by atoms with E-state index in [1.165, 1.54) is 19.1 Å². The molecule has 0 heterocycles. The van der Waals surface area contributed by atoms with Gasteiger partial charge < -0.3 is 10.4 Å². The first kappa shape index (κ1) is 17.5. The summed E-state index contributed by atoms with van der Waals surface area (Å²) in [6, 6.07) is 3.34. The maximum absolute atomic E-state index is 12.3. The molecule has 1 rings (SSSR count). The molecule has 0 radical (unpaired) electrons. The van der Waals surface area contributed by atoms with Gasteiger partial charge in [-0.05, 0) is 31.5 Å². The van der Waals surface area contributed by atoms with E-state index in [2.05, 4.69) is 5.32 Å². The van der Waals surface area contributed by atoms with Crippen molar-refractivity contribution >= 4 is 33.3 Å². The summed E-state index contributed by atoms with van der Waals surface area (Å²) < 4.78 is 24.7. The Kier molecular flexibility index (Phi) is 5.74. The second-order valence-electron chi connectivity index (χ2n) is 4.43. The van der Waals surface area contributed by atoms with Crippen LogP contribution in [-0.4, -0.2) is 37.2 Å². The van der Waals surface area contributed by atoms with Crippen LogP contribution in [0.1, 0.15) is 30.6 Å². The van der Waals surface area contributed by atoms with Gasteiger partial charge in [0, 0.05) is 6.54 Å². The largest absolute Gasteiger partial charge is 0.478 e. The number of sulfone groups is 1. The third-order valence-corrected chi connectivity index (χ3v) is 5.27. The van der Waals surface area contributed by atoms with Gasteiger partial charge in [0.1, 0.15) is 5.25 Å². The van der Waals surface area contributed by atoms with Gasteiger partial charge >= 0.3 is 5.97 Å². The monoisotopic (exact) mass is 333 g/mol. The van der Waals surface area contributed by atoms with Crippen LogP contribution in [0.25, 0.3) is 0 Å². The van der Waals surface area contributed by atoms with E-state index in [9.17, 15) is 18.0 Å². The summed E-state index contributed by atoms with van der Waals surface area (Å²) in [5.74, 6) is -1.95. The van der Waals surface area contributed by atoms with Gasteiger partial charge in [-0.15, -0.1) is 0 Å². The van der Waals surface area contributed by atoms with Crippen molar-refractivity contribution in [3.8, 4) is 0 Å². The highest BCUT2D eigenvalue weighted by molar-refractivity contribution is 7.92. The van der Waals surface area contributed by atoms with Gasteiger partial charge in [0.15, 0.2) is 9.84 Å². The molecule has 1 aromatic carbocycles. The van der Waals surface area contributed by atoms with Crippen molar-refractivity contribution in [1.29, 1.82) is 0 Å². The lowest BCUT2D eigenvalue weighted by Crippen LogP contribution is -2.38. The first-order valence-electron chi connectivity index (χ1n) is 6.26. The first-order chi connectivity index (χ1) is 9.71. The molecule has 0 saturated heterocycles. The standard InChI is InChI=1S/C13H16ClNO5S/c1-3-6-15-12(16)8(2)21(19,20)9-4-5-11(14)10(7-9)13(17)18/h4-5,7-8H,3,6H2,1-2H3,(H,15,16)(H,17,18). The van der Waals surface area contributed by atoms with Gasteiger partial charge in [-0.2, -0.15) is 0 Å².